The Balaban J connectivity index is 1.78. The quantitative estimate of drug-likeness (QED) is 0.647. The van der Waals surface area contributed by atoms with Gasteiger partial charge in [-0.1, -0.05) is 23.7 Å². The molecule has 0 heterocycles. The van der Waals surface area contributed by atoms with Crippen molar-refractivity contribution in [3.63, 3.8) is 0 Å². The van der Waals surface area contributed by atoms with Crippen LogP contribution in [-0.2, 0) is 4.79 Å². The third kappa shape index (κ3) is 4.47. The standard InChI is InChI=1S/C15H15ClN2OS/c16-11-5-7-12(8-6-11)20-10-9-15(19)18-14-4-2-1-3-13(14)17/h1-8H,9-10,17H2,(H,18,19). The minimum atomic E-state index is -0.0376. The molecule has 0 saturated carbocycles. The molecule has 0 atom stereocenters. The van der Waals surface area contributed by atoms with E-state index >= 15 is 0 Å². The minimum Gasteiger partial charge on any atom is -0.397 e. The zero-order chi connectivity index (χ0) is 14.4. The molecular formula is C15H15ClN2OS. The Morgan fingerprint density at radius 2 is 1.85 bits per heavy atom. The summed E-state index contributed by atoms with van der Waals surface area (Å²) in [5.41, 5.74) is 7.01. The van der Waals surface area contributed by atoms with Crippen molar-refractivity contribution in [3.8, 4) is 0 Å². The number of amides is 1. The Kier molecular flexibility index (Phi) is 5.32. The van der Waals surface area contributed by atoms with E-state index < -0.39 is 0 Å². The van der Waals surface area contributed by atoms with Gasteiger partial charge in [0.1, 0.15) is 0 Å². The molecule has 5 heteroatoms. The molecule has 0 fully saturated rings. The molecule has 0 aromatic heterocycles. The molecule has 0 bridgehead atoms. The van der Waals surface area contributed by atoms with Crippen LogP contribution in [0.25, 0.3) is 0 Å². The van der Waals surface area contributed by atoms with E-state index in [1.807, 2.05) is 36.4 Å². The summed E-state index contributed by atoms with van der Waals surface area (Å²) in [7, 11) is 0. The number of para-hydroxylation sites is 2. The number of anilines is 2. The van der Waals surface area contributed by atoms with Gasteiger partial charge >= 0.3 is 0 Å². The van der Waals surface area contributed by atoms with Crippen LogP contribution in [0.1, 0.15) is 6.42 Å². The molecule has 0 spiro atoms. The number of rotatable bonds is 5. The number of nitrogens with one attached hydrogen (secondary N) is 1. The van der Waals surface area contributed by atoms with E-state index in [0.717, 1.165) is 4.90 Å². The molecule has 2 rings (SSSR count). The maximum Gasteiger partial charge on any atom is 0.225 e. The Labute approximate surface area is 127 Å². The molecule has 20 heavy (non-hydrogen) atoms. The van der Waals surface area contributed by atoms with E-state index in [-0.39, 0.29) is 5.91 Å². The van der Waals surface area contributed by atoms with Gasteiger partial charge in [0, 0.05) is 22.1 Å². The first-order valence-corrected chi connectivity index (χ1v) is 7.54. The van der Waals surface area contributed by atoms with Gasteiger partial charge in [0.05, 0.1) is 11.4 Å². The largest absolute Gasteiger partial charge is 0.397 e. The van der Waals surface area contributed by atoms with Gasteiger partial charge < -0.3 is 11.1 Å². The zero-order valence-electron chi connectivity index (χ0n) is 10.8. The van der Waals surface area contributed by atoms with Crippen LogP contribution in [0.15, 0.2) is 53.4 Å². The highest BCUT2D eigenvalue weighted by Gasteiger charge is 2.05. The Bertz CT molecular complexity index is 587. The lowest BCUT2D eigenvalue weighted by atomic mass is 10.2. The number of thioether (sulfide) groups is 1. The molecule has 3 nitrogen and oxygen atoms in total. The maximum absolute atomic E-state index is 11.8. The van der Waals surface area contributed by atoms with Crippen molar-refractivity contribution in [1.82, 2.24) is 0 Å². The third-order valence-electron chi connectivity index (χ3n) is 2.65. The second kappa shape index (κ2) is 7.22. The van der Waals surface area contributed by atoms with Crippen LogP contribution in [-0.4, -0.2) is 11.7 Å². The molecule has 3 N–H and O–H groups in total. The maximum atomic E-state index is 11.8. The van der Waals surface area contributed by atoms with Crippen LogP contribution in [0.4, 0.5) is 11.4 Å². The predicted octanol–water partition coefficient (Wildman–Crippen LogP) is 4.04. The molecule has 0 unspecified atom stereocenters. The van der Waals surface area contributed by atoms with Gasteiger partial charge in [-0.05, 0) is 36.4 Å². The number of benzene rings is 2. The summed E-state index contributed by atoms with van der Waals surface area (Å²) < 4.78 is 0. The summed E-state index contributed by atoms with van der Waals surface area (Å²) in [5, 5.41) is 3.52. The predicted molar refractivity (Wildman–Crippen MR) is 86.3 cm³/mol. The van der Waals surface area contributed by atoms with Gasteiger partial charge in [0.25, 0.3) is 0 Å². The number of carbonyl (C=O) groups excluding carboxylic acids is 1. The third-order valence-corrected chi connectivity index (χ3v) is 3.91. The normalized spacial score (nSPS) is 10.2. The summed E-state index contributed by atoms with van der Waals surface area (Å²) in [4.78, 5) is 12.9. The van der Waals surface area contributed by atoms with E-state index in [0.29, 0.717) is 28.6 Å². The van der Waals surface area contributed by atoms with Crippen LogP contribution in [0.3, 0.4) is 0 Å². The van der Waals surface area contributed by atoms with Crippen LogP contribution < -0.4 is 11.1 Å². The average Bonchev–Trinajstić information content (AvgIpc) is 2.44. The van der Waals surface area contributed by atoms with Gasteiger partial charge in [-0.15, -0.1) is 11.8 Å². The first-order valence-electron chi connectivity index (χ1n) is 6.18. The van der Waals surface area contributed by atoms with E-state index in [9.17, 15) is 4.79 Å². The SMILES string of the molecule is Nc1ccccc1NC(=O)CCSc1ccc(Cl)cc1. The lowest BCUT2D eigenvalue weighted by molar-refractivity contribution is -0.115. The molecule has 0 radical (unpaired) electrons. The fourth-order valence-corrected chi connectivity index (χ4v) is 2.59. The van der Waals surface area contributed by atoms with Crippen LogP contribution in [0.2, 0.25) is 5.02 Å². The van der Waals surface area contributed by atoms with E-state index in [1.165, 1.54) is 0 Å². The lowest BCUT2D eigenvalue weighted by Crippen LogP contribution is -2.13. The topological polar surface area (TPSA) is 55.1 Å². The van der Waals surface area contributed by atoms with Gasteiger partial charge in [-0.2, -0.15) is 0 Å². The second-order valence-corrected chi connectivity index (χ2v) is 5.79. The monoisotopic (exact) mass is 306 g/mol. The highest BCUT2D eigenvalue weighted by atomic mass is 35.5. The number of carbonyl (C=O) groups is 1. The summed E-state index contributed by atoms with van der Waals surface area (Å²) >= 11 is 7.44. The van der Waals surface area contributed by atoms with Gasteiger partial charge in [0.2, 0.25) is 5.91 Å². The smallest absolute Gasteiger partial charge is 0.225 e. The van der Waals surface area contributed by atoms with E-state index in [2.05, 4.69) is 5.32 Å². The highest BCUT2D eigenvalue weighted by molar-refractivity contribution is 7.99. The molecule has 0 aliphatic carbocycles. The van der Waals surface area contributed by atoms with Crippen LogP contribution in [0, 0.1) is 0 Å². The van der Waals surface area contributed by atoms with Crippen molar-refractivity contribution in [3.05, 3.63) is 53.6 Å². The van der Waals surface area contributed by atoms with Crippen molar-refractivity contribution >= 4 is 40.6 Å². The number of hydrogen-bond acceptors (Lipinski definition) is 3. The second-order valence-electron chi connectivity index (χ2n) is 4.19. The molecule has 2 aromatic carbocycles. The molecule has 0 aliphatic heterocycles. The number of halogens is 1. The minimum absolute atomic E-state index is 0.0376. The van der Waals surface area contributed by atoms with E-state index in [1.54, 1.807) is 23.9 Å². The first kappa shape index (κ1) is 14.8. The van der Waals surface area contributed by atoms with Crippen molar-refractivity contribution in [1.29, 1.82) is 0 Å². The summed E-state index contributed by atoms with van der Waals surface area (Å²) in [6, 6.07) is 14.8. The van der Waals surface area contributed by atoms with Gasteiger partial charge in [0.15, 0.2) is 0 Å². The van der Waals surface area contributed by atoms with Crippen molar-refractivity contribution in [2.45, 2.75) is 11.3 Å². The Morgan fingerprint density at radius 1 is 1.15 bits per heavy atom. The summed E-state index contributed by atoms with van der Waals surface area (Å²) in [5.74, 6) is 0.671. The van der Waals surface area contributed by atoms with Crippen LogP contribution >= 0.6 is 23.4 Å². The van der Waals surface area contributed by atoms with Crippen molar-refractivity contribution in [2.24, 2.45) is 0 Å². The summed E-state index contributed by atoms with van der Waals surface area (Å²) in [6.45, 7) is 0. The molecular weight excluding hydrogens is 292 g/mol. The van der Waals surface area contributed by atoms with Gasteiger partial charge in [-0.25, -0.2) is 0 Å². The zero-order valence-corrected chi connectivity index (χ0v) is 12.4. The number of nitrogen functional groups attached to an aromatic ring is 1. The van der Waals surface area contributed by atoms with Crippen molar-refractivity contribution < 1.29 is 4.79 Å². The van der Waals surface area contributed by atoms with Gasteiger partial charge in [-0.3, -0.25) is 4.79 Å². The Morgan fingerprint density at radius 3 is 2.55 bits per heavy atom. The summed E-state index contributed by atoms with van der Waals surface area (Å²) in [6.07, 6.45) is 0.432. The number of nitrogens with two attached hydrogens (primary N) is 1. The molecule has 1 amide bonds. The van der Waals surface area contributed by atoms with Crippen molar-refractivity contribution in [2.75, 3.05) is 16.8 Å². The fourth-order valence-electron chi connectivity index (χ4n) is 1.62. The first-order chi connectivity index (χ1) is 9.65. The molecule has 0 saturated heterocycles. The fraction of sp³-hybridized carbons (Fsp3) is 0.133. The lowest BCUT2D eigenvalue weighted by Gasteiger charge is -2.07. The highest BCUT2D eigenvalue weighted by Crippen LogP contribution is 2.22. The number of hydrogen-bond donors (Lipinski definition) is 2. The average molecular weight is 307 g/mol. The van der Waals surface area contributed by atoms with Crippen LogP contribution in [0.5, 0.6) is 0 Å². The Hall–Kier alpha value is -1.65. The molecule has 0 aliphatic rings. The molecule has 104 valence electrons. The van der Waals surface area contributed by atoms with E-state index in [4.69, 9.17) is 17.3 Å². The molecule has 2 aromatic rings.